The van der Waals surface area contributed by atoms with E-state index in [2.05, 4.69) is 25.7 Å². The molecule has 0 bridgehead atoms. The van der Waals surface area contributed by atoms with Gasteiger partial charge in [0, 0.05) is 11.4 Å². The SMILES string of the molecule is O=Cc1nc(CBr)cc(OC(F)(F)F)c1O. The molecule has 0 saturated carbocycles. The van der Waals surface area contributed by atoms with Crippen LogP contribution >= 0.6 is 15.9 Å². The maximum absolute atomic E-state index is 11.9. The van der Waals surface area contributed by atoms with Gasteiger partial charge in [-0.15, -0.1) is 13.2 Å². The van der Waals surface area contributed by atoms with Gasteiger partial charge in [0.15, 0.2) is 17.8 Å². The Morgan fingerprint density at radius 2 is 2.19 bits per heavy atom. The van der Waals surface area contributed by atoms with E-state index in [0.717, 1.165) is 6.07 Å². The third-order valence-electron chi connectivity index (χ3n) is 1.51. The van der Waals surface area contributed by atoms with Gasteiger partial charge in [0.25, 0.3) is 0 Å². The highest BCUT2D eigenvalue weighted by Crippen LogP contribution is 2.33. The number of nitrogens with zero attached hydrogens (tertiary/aromatic N) is 1. The molecule has 1 aromatic heterocycles. The molecule has 1 aromatic rings. The molecule has 0 aromatic carbocycles. The summed E-state index contributed by atoms with van der Waals surface area (Å²) < 4.78 is 39.4. The summed E-state index contributed by atoms with van der Waals surface area (Å²) in [6, 6.07) is 0.893. The first-order valence-electron chi connectivity index (χ1n) is 3.87. The van der Waals surface area contributed by atoms with Crippen LogP contribution in [-0.4, -0.2) is 22.7 Å². The Morgan fingerprint density at radius 1 is 1.56 bits per heavy atom. The van der Waals surface area contributed by atoms with E-state index in [1.54, 1.807) is 0 Å². The highest BCUT2D eigenvalue weighted by molar-refractivity contribution is 9.08. The van der Waals surface area contributed by atoms with Crippen LogP contribution in [-0.2, 0) is 5.33 Å². The Hall–Kier alpha value is -1.31. The first-order chi connectivity index (χ1) is 7.37. The van der Waals surface area contributed by atoms with Gasteiger partial charge in [0.05, 0.1) is 5.69 Å². The van der Waals surface area contributed by atoms with Gasteiger partial charge in [-0.2, -0.15) is 0 Å². The number of hydrogen-bond acceptors (Lipinski definition) is 4. The summed E-state index contributed by atoms with van der Waals surface area (Å²) in [5.41, 5.74) is -0.365. The van der Waals surface area contributed by atoms with Crippen LogP contribution < -0.4 is 4.74 Å². The number of alkyl halides is 4. The lowest BCUT2D eigenvalue weighted by molar-refractivity contribution is -0.275. The zero-order chi connectivity index (χ0) is 12.3. The Bertz CT molecular complexity index is 408. The second kappa shape index (κ2) is 4.69. The zero-order valence-electron chi connectivity index (χ0n) is 7.58. The number of pyridine rings is 1. The molecule has 16 heavy (non-hydrogen) atoms. The van der Waals surface area contributed by atoms with E-state index in [-0.39, 0.29) is 17.3 Å². The number of aromatic nitrogens is 1. The third kappa shape index (κ3) is 3.09. The average molecular weight is 300 g/mol. The highest BCUT2D eigenvalue weighted by Gasteiger charge is 2.33. The van der Waals surface area contributed by atoms with Crippen LogP contribution in [0.3, 0.4) is 0 Å². The minimum Gasteiger partial charge on any atom is -0.503 e. The van der Waals surface area contributed by atoms with Gasteiger partial charge < -0.3 is 9.84 Å². The van der Waals surface area contributed by atoms with Gasteiger partial charge in [-0.25, -0.2) is 4.98 Å². The Morgan fingerprint density at radius 3 is 2.62 bits per heavy atom. The molecule has 0 aliphatic heterocycles. The molecule has 0 saturated heterocycles. The molecule has 0 fully saturated rings. The second-order valence-electron chi connectivity index (χ2n) is 2.64. The smallest absolute Gasteiger partial charge is 0.503 e. The fraction of sp³-hybridized carbons (Fsp3) is 0.250. The summed E-state index contributed by atoms with van der Waals surface area (Å²) in [7, 11) is 0. The van der Waals surface area contributed by atoms with Gasteiger partial charge in [-0.1, -0.05) is 15.9 Å². The van der Waals surface area contributed by atoms with E-state index in [9.17, 15) is 23.1 Å². The molecule has 4 nitrogen and oxygen atoms in total. The van der Waals surface area contributed by atoms with E-state index >= 15 is 0 Å². The predicted molar refractivity (Wildman–Crippen MR) is 50.6 cm³/mol. The number of halogens is 4. The maximum atomic E-state index is 11.9. The monoisotopic (exact) mass is 299 g/mol. The Kier molecular flexibility index (Phi) is 3.74. The topological polar surface area (TPSA) is 59.4 Å². The lowest BCUT2D eigenvalue weighted by Gasteiger charge is -2.11. The highest BCUT2D eigenvalue weighted by atomic mass is 79.9. The number of hydrogen-bond donors (Lipinski definition) is 1. The molecule has 88 valence electrons. The van der Waals surface area contributed by atoms with Crippen LogP contribution in [0.15, 0.2) is 6.07 Å². The summed E-state index contributed by atoms with van der Waals surface area (Å²) in [6.07, 6.45) is -4.80. The zero-order valence-corrected chi connectivity index (χ0v) is 9.17. The summed E-state index contributed by atoms with van der Waals surface area (Å²) in [4.78, 5) is 14.0. The van der Waals surface area contributed by atoms with E-state index in [1.807, 2.05) is 0 Å². The van der Waals surface area contributed by atoms with Crippen LogP contribution in [0.1, 0.15) is 16.2 Å². The van der Waals surface area contributed by atoms with Gasteiger partial charge in [0.1, 0.15) is 5.69 Å². The molecule has 0 amide bonds. The molecule has 0 unspecified atom stereocenters. The molecule has 0 atom stereocenters. The van der Waals surface area contributed by atoms with Crippen molar-refractivity contribution in [1.29, 1.82) is 0 Å². The van der Waals surface area contributed by atoms with E-state index < -0.39 is 23.6 Å². The molecular formula is C8H5BrF3NO3. The molecule has 1 rings (SSSR count). The molecule has 8 heteroatoms. The lowest BCUT2D eigenvalue weighted by atomic mass is 10.3. The fourth-order valence-electron chi connectivity index (χ4n) is 0.939. The molecular weight excluding hydrogens is 295 g/mol. The summed E-state index contributed by atoms with van der Waals surface area (Å²) >= 11 is 2.96. The number of aldehydes is 1. The van der Waals surface area contributed by atoms with Crippen molar-refractivity contribution in [3.8, 4) is 11.5 Å². The molecule has 1 N–H and O–H groups in total. The van der Waals surface area contributed by atoms with Crippen molar-refractivity contribution in [2.24, 2.45) is 0 Å². The van der Waals surface area contributed by atoms with E-state index in [1.165, 1.54) is 0 Å². The molecule has 0 spiro atoms. The second-order valence-corrected chi connectivity index (χ2v) is 3.21. The normalized spacial score (nSPS) is 11.2. The van der Waals surface area contributed by atoms with Crippen LogP contribution in [0.25, 0.3) is 0 Å². The quantitative estimate of drug-likeness (QED) is 0.688. The van der Waals surface area contributed by atoms with Crippen LogP contribution in [0, 0.1) is 0 Å². The van der Waals surface area contributed by atoms with Crippen molar-refractivity contribution in [3.63, 3.8) is 0 Å². The standard InChI is InChI=1S/C8H5BrF3NO3/c9-2-4-1-6(16-8(10,11)12)7(15)5(3-14)13-4/h1,3,15H,2H2. The van der Waals surface area contributed by atoms with Gasteiger partial charge in [0.2, 0.25) is 0 Å². The number of carbonyl (C=O) groups excluding carboxylic acids is 1. The van der Waals surface area contributed by atoms with Crippen molar-refractivity contribution in [2.45, 2.75) is 11.7 Å². The molecule has 0 radical (unpaired) electrons. The largest absolute Gasteiger partial charge is 0.573 e. The molecule has 0 aliphatic carbocycles. The number of ether oxygens (including phenoxy) is 1. The van der Waals surface area contributed by atoms with Crippen LogP contribution in [0.5, 0.6) is 11.5 Å². The van der Waals surface area contributed by atoms with Crippen molar-refractivity contribution < 1.29 is 27.8 Å². The van der Waals surface area contributed by atoms with Crippen molar-refractivity contribution in [1.82, 2.24) is 4.98 Å². The van der Waals surface area contributed by atoms with Crippen LogP contribution in [0.2, 0.25) is 0 Å². The summed E-state index contributed by atoms with van der Waals surface area (Å²) in [5, 5.41) is 9.37. The van der Waals surface area contributed by atoms with Crippen molar-refractivity contribution in [3.05, 3.63) is 17.5 Å². The van der Waals surface area contributed by atoms with Gasteiger partial charge >= 0.3 is 6.36 Å². The van der Waals surface area contributed by atoms with Crippen molar-refractivity contribution >= 4 is 22.2 Å². The van der Waals surface area contributed by atoms with Gasteiger partial charge in [-0.05, 0) is 0 Å². The first-order valence-corrected chi connectivity index (χ1v) is 4.99. The predicted octanol–water partition coefficient (Wildman–Crippen LogP) is 2.39. The molecule has 0 aliphatic rings. The fourth-order valence-corrected chi connectivity index (χ4v) is 1.23. The minimum atomic E-state index is -4.94. The minimum absolute atomic E-state index is 0.127. The average Bonchev–Trinajstić information content (AvgIpc) is 2.19. The van der Waals surface area contributed by atoms with E-state index in [4.69, 9.17) is 0 Å². The maximum Gasteiger partial charge on any atom is 0.573 e. The Balaban J connectivity index is 3.21. The van der Waals surface area contributed by atoms with E-state index in [0.29, 0.717) is 0 Å². The van der Waals surface area contributed by atoms with Gasteiger partial charge in [-0.3, -0.25) is 4.79 Å². The van der Waals surface area contributed by atoms with Crippen molar-refractivity contribution in [2.75, 3.05) is 0 Å². The van der Waals surface area contributed by atoms with Crippen LogP contribution in [0.4, 0.5) is 13.2 Å². The lowest BCUT2D eigenvalue weighted by Crippen LogP contribution is -2.17. The number of aromatic hydroxyl groups is 1. The number of rotatable bonds is 3. The summed E-state index contributed by atoms with van der Waals surface area (Å²) in [5.74, 6) is -1.78. The first kappa shape index (κ1) is 12.8. The summed E-state index contributed by atoms with van der Waals surface area (Å²) in [6.45, 7) is 0. The molecule has 1 heterocycles. The third-order valence-corrected chi connectivity index (χ3v) is 2.09. The Labute approximate surface area is 96.2 Å². The number of carbonyl (C=O) groups is 1.